The van der Waals surface area contributed by atoms with Crippen molar-refractivity contribution in [3.8, 4) is 5.75 Å². The second-order valence-corrected chi connectivity index (χ2v) is 5.85. The van der Waals surface area contributed by atoms with Crippen LogP contribution in [0.3, 0.4) is 0 Å². The van der Waals surface area contributed by atoms with E-state index in [0.717, 1.165) is 23.6 Å². The van der Waals surface area contributed by atoms with Crippen molar-refractivity contribution >= 4 is 11.6 Å². The average molecular weight is 295 g/mol. The Bertz CT molecular complexity index is 449. The Morgan fingerprint density at radius 3 is 2.35 bits per heavy atom. The van der Waals surface area contributed by atoms with E-state index in [1.54, 1.807) is 0 Å². The quantitative estimate of drug-likeness (QED) is 0.534. The van der Waals surface area contributed by atoms with E-state index in [4.69, 9.17) is 16.3 Å². The molecule has 1 aromatic rings. The molecule has 1 aromatic carbocycles. The molecule has 2 heteroatoms. The minimum Gasteiger partial charge on any atom is -0.493 e. The smallest absolute Gasteiger partial charge is 0.126 e. The molecular formula is C18H27ClO. The van der Waals surface area contributed by atoms with Crippen molar-refractivity contribution in [1.29, 1.82) is 0 Å². The van der Waals surface area contributed by atoms with Gasteiger partial charge in [0.15, 0.2) is 0 Å². The summed E-state index contributed by atoms with van der Waals surface area (Å²) in [7, 11) is 0. The van der Waals surface area contributed by atoms with E-state index >= 15 is 0 Å². The molecule has 0 spiro atoms. The van der Waals surface area contributed by atoms with E-state index in [0.29, 0.717) is 18.4 Å². The molecule has 0 aliphatic heterocycles. The number of allylic oxidation sites excluding steroid dienone is 2. The highest BCUT2D eigenvalue weighted by Crippen LogP contribution is 2.39. The van der Waals surface area contributed by atoms with Gasteiger partial charge in [0, 0.05) is 5.02 Å². The first-order chi connectivity index (χ1) is 9.54. The molecule has 1 atom stereocenters. The maximum atomic E-state index is 6.33. The molecule has 112 valence electrons. The van der Waals surface area contributed by atoms with Crippen LogP contribution in [0.4, 0.5) is 0 Å². The maximum Gasteiger partial charge on any atom is 0.126 e. The first kappa shape index (κ1) is 17.1. The van der Waals surface area contributed by atoms with Gasteiger partial charge >= 0.3 is 0 Å². The second kappa shape index (κ2) is 8.36. The van der Waals surface area contributed by atoms with Crippen molar-refractivity contribution in [2.75, 3.05) is 6.61 Å². The van der Waals surface area contributed by atoms with E-state index in [-0.39, 0.29) is 0 Å². The lowest BCUT2D eigenvalue weighted by Crippen LogP contribution is -2.06. The molecule has 0 saturated carbocycles. The van der Waals surface area contributed by atoms with Crippen molar-refractivity contribution in [3.63, 3.8) is 0 Å². The summed E-state index contributed by atoms with van der Waals surface area (Å²) in [6, 6.07) is 4.12. The SMILES string of the molecule is C/C=C\CC(CC)c1cc(Cl)cc(C(C)C)c1OCC. The molecule has 0 aromatic heterocycles. The molecule has 0 amide bonds. The topological polar surface area (TPSA) is 9.23 Å². The number of ether oxygens (including phenoxy) is 1. The lowest BCUT2D eigenvalue weighted by molar-refractivity contribution is 0.328. The van der Waals surface area contributed by atoms with Gasteiger partial charge in [-0.2, -0.15) is 0 Å². The molecule has 0 aliphatic carbocycles. The first-order valence-electron chi connectivity index (χ1n) is 7.62. The van der Waals surface area contributed by atoms with Gasteiger partial charge in [-0.3, -0.25) is 0 Å². The fraction of sp³-hybridized carbons (Fsp3) is 0.556. The van der Waals surface area contributed by atoms with Crippen LogP contribution in [0.15, 0.2) is 24.3 Å². The van der Waals surface area contributed by atoms with Crippen molar-refractivity contribution in [2.45, 2.75) is 59.3 Å². The highest BCUT2D eigenvalue weighted by Gasteiger charge is 2.19. The van der Waals surface area contributed by atoms with Crippen LogP contribution in [0.25, 0.3) is 0 Å². The summed E-state index contributed by atoms with van der Waals surface area (Å²) in [5.41, 5.74) is 2.47. The van der Waals surface area contributed by atoms with Crippen LogP contribution >= 0.6 is 11.6 Å². The van der Waals surface area contributed by atoms with Gasteiger partial charge in [-0.25, -0.2) is 0 Å². The zero-order valence-electron chi connectivity index (χ0n) is 13.4. The van der Waals surface area contributed by atoms with E-state index < -0.39 is 0 Å². The molecular weight excluding hydrogens is 268 g/mol. The van der Waals surface area contributed by atoms with E-state index in [9.17, 15) is 0 Å². The van der Waals surface area contributed by atoms with Crippen LogP contribution in [0, 0.1) is 0 Å². The number of rotatable bonds is 7. The Hall–Kier alpha value is -0.950. The number of hydrogen-bond donors (Lipinski definition) is 0. The van der Waals surface area contributed by atoms with Gasteiger partial charge in [-0.05, 0) is 61.8 Å². The molecule has 0 saturated heterocycles. The molecule has 0 N–H and O–H groups in total. The molecule has 0 bridgehead atoms. The minimum absolute atomic E-state index is 0.410. The monoisotopic (exact) mass is 294 g/mol. The van der Waals surface area contributed by atoms with Crippen LogP contribution < -0.4 is 4.74 Å². The zero-order valence-corrected chi connectivity index (χ0v) is 14.1. The lowest BCUT2D eigenvalue weighted by Gasteiger charge is -2.22. The second-order valence-electron chi connectivity index (χ2n) is 5.41. The molecule has 0 heterocycles. The van der Waals surface area contributed by atoms with Gasteiger partial charge in [0.2, 0.25) is 0 Å². The average Bonchev–Trinajstić information content (AvgIpc) is 2.41. The Labute approximate surface area is 129 Å². The van der Waals surface area contributed by atoms with Crippen LogP contribution in [-0.2, 0) is 0 Å². The van der Waals surface area contributed by atoms with Gasteiger partial charge in [0.05, 0.1) is 6.61 Å². The van der Waals surface area contributed by atoms with Crippen LogP contribution in [0.2, 0.25) is 5.02 Å². The van der Waals surface area contributed by atoms with Gasteiger partial charge < -0.3 is 4.74 Å². The maximum absolute atomic E-state index is 6.33. The summed E-state index contributed by atoms with van der Waals surface area (Å²) in [5.74, 6) is 1.92. The van der Waals surface area contributed by atoms with Crippen molar-refractivity contribution < 1.29 is 4.74 Å². The Balaban J connectivity index is 3.33. The lowest BCUT2D eigenvalue weighted by atomic mass is 9.88. The summed E-state index contributed by atoms with van der Waals surface area (Å²) >= 11 is 6.33. The molecule has 0 radical (unpaired) electrons. The minimum atomic E-state index is 0.410. The number of benzene rings is 1. The summed E-state index contributed by atoms with van der Waals surface area (Å²) in [5, 5.41) is 0.811. The molecule has 20 heavy (non-hydrogen) atoms. The number of hydrogen-bond acceptors (Lipinski definition) is 1. The fourth-order valence-electron chi connectivity index (χ4n) is 2.49. The predicted octanol–water partition coefficient (Wildman–Crippen LogP) is 6.32. The van der Waals surface area contributed by atoms with Crippen LogP contribution in [-0.4, -0.2) is 6.61 Å². The third-order valence-corrected chi connectivity index (χ3v) is 3.83. The summed E-state index contributed by atoms with van der Waals surface area (Å²) in [4.78, 5) is 0. The standard InChI is InChI=1S/C18H27ClO/c1-6-9-10-14(7-2)17-12-15(19)11-16(13(4)5)18(17)20-8-3/h6,9,11-14H,7-8,10H2,1-5H3/b9-6-. The van der Waals surface area contributed by atoms with E-state index in [2.05, 4.69) is 45.9 Å². The normalized spacial score (nSPS) is 13.2. The van der Waals surface area contributed by atoms with Crippen molar-refractivity contribution in [3.05, 3.63) is 40.4 Å². The Kier molecular flexibility index (Phi) is 7.15. The third-order valence-electron chi connectivity index (χ3n) is 3.61. The fourth-order valence-corrected chi connectivity index (χ4v) is 2.73. The summed E-state index contributed by atoms with van der Waals surface area (Å²) < 4.78 is 5.96. The molecule has 1 unspecified atom stereocenters. The Morgan fingerprint density at radius 2 is 1.85 bits per heavy atom. The number of halogens is 1. The highest BCUT2D eigenvalue weighted by molar-refractivity contribution is 6.30. The molecule has 0 aliphatic rings. The van der Waals surface area contributed by atoms with E-state index in [1.165, 1.54) is 11.1 Å². The van der Waals surface area contributed by atoms with Gasteiger partial charge in [0.25, 0.3) is 0 Å². The predicted molar refractivity (Wildman–Crippen MR) is 89.2 cm³/mol. The molecule has 0 fully saturated rings. The molecule has 1 nitrogen and oxygen atoms in total. The van der Waals surface area contributed by atoms with Gasteiger partial charge in [-0.1, -0.05) is 44.5 Å². The van der Waals surface area contributed by atoms with Crippen LogP contribution in [0.1, 0.15) is 70.4 Å². The molecule has 1 rings (SSSR count). The highest BCUT2D eigenvalue weighted by atomic mass is 35.5. The van der Waals surface area contributed by atoms with Gasteiger partial charge in [-0.15, -0.1) is 0 Å². The Morgan fingerprint density at radius 1 is 1.20 bits per heavy atom. The summed E-state index contributed by atoms with van der Waals surface area (Å²) in [6.45, 7) is 11.4. The van der Waals surface area contributed by atoms with Crippen LogP contribution in [0.5, 0.6) is 5.75 Å². The van der Waals surface area contributed by atoms with Crippen molar-refractivity contribution in [1.82, 2.24) is 0 Å². The summed E-state index contributed by atoms with van der Waals surface area (Å²) in [6.07, 6.45) is 6.45. The largest absolute Gasteiger partial charge is 0.493 e. The van der Waals surface area contributed by atoms with E-state index in [1.807, 2.05) is 13.0 Å². The zero-order chi connectivity index (χ0) is 15.1. The first-order valence-corrected chi connectivity index (χ1v) is 8.00. The third kappa shape index (κ3) is 4.28. The van der Waals surface area contributed by atoms with Gasteiger partial charge in [0.1, 0.15) is 5.75 Å². The van der Waals surface area contributed by atoms with Crippen molar-refractivity contribution in [2.24, 2.45) is 0 Å².